The molecular weight excluding hydrogens is 204 g/mol. The second kappa shape index (κ2) is 5.76. The molecule has 1 aromatic rings. The minimum absolute atomic E-state index is 0.225. The lowest BCUT2D eigenvalue weighted by Gasteiger charge is -2.20. The molecular formula is C12H14N2O2. The number of aromatic nitrogens is 1. The van der Waals surface area contributed by atoms with Gasteiger partial charge in [0.1, 0.15) is 5.82 Å². The van der Waals surface area contributed by atoms with E-state index >= 15 is 0 Å². The van der Waals surface area contributed by atoms with Crippen molar-refractivity contribution in [1.29, 1.82) is 0 Å². The average molecular weight is 218 g/mol. The Bertz CT molecular complexity index is 410. The van der Waals surface area contributed by atoms with Gasteiger partial charge in [-0.2, -0.15) is 0 Å². The maximum Gasteiger partial charge on any atom is 0.335 e. The predicted octanol–water partition coefficient (Wildman–Crippen LogP) is 1.63. The van der Waals surface area contributed by atoms with Gasteiger partial charge in [0.25, 0.3) is 0 Å². The van der Waals surface area contributed by atoms with E-state index in [-0.39, 0.29) is 5.56 Å². The molecule has 4 heteroatoms. The van der Waals surface area contributed by atoms with Gasteiger partial charge in [0.2, 0.25) is 0 Å². The van der Waals surface area contributed by atoms with Crippen LogP contribution in [0, 0.1) is 12.3 Å². The van der Waals surface area contributed by atoms with E-state index in [0.29, 0.717) is 12.4 Å². The van der Waals surface area contributed by atoms with Crippen LogP contribution in [0.25, 0.3) is 0 Å². The number of carboxylic acids is 1. The number of hydrogen-bond donors (Lipinski definition) is 1. The molecule has 0 atom stereocenters. The highest BCUT2D eigenvalue weighted by atomic mass is 16.4. The second-order valence-corrected chi connectivity index (χ2v) is 3.33. The molecule has 1 aromatic heterocycles. The van der Waals surface area contributed by atoms with Crippen molar-refractivity contribution in [3.05, 3.63) is 23.9 Å². The zero-order chi connectivity index (χ0) is 12.0. The summed E-state index contributed by atoms with van der Waals surface area (Å²) >= 11 is 0. The highest BCUT2D eigenvalue weighted by Gasteiger charge is 2.09. The maximum absolute atomic E-state index is 10.8. The van der Waals surface area contributed by atoms with Gasteiger partial charge in [0.15, 0.2) is 0 Å². The van der Waals surface area contributed by atoms with Gasteiger partial charge < -0.3 is 10.0 Å². The molecule has 0 saturated heterocycles. The Morgan fingerprint density at radius 3 is 3.00 bits per heavy atom. The number of hydrogen-bond acceptors (Lipinski definition) is 3. The van der Waals surface area contributed by atoms with Gasteiger partial charge in [-0.25, -0.2) is 9.78 Å². The molecule has 16 heavy (non-hydrogen) atoms. The summed E-state index contributed by atoms with van der Waals surface area (Å²) in [5, 5.41) is 8.86. The summed E-state index contributed by atoms with van der Waals surface area (Å²) in [4.78, 5) is 16.8. The molecule has 0 fully saturated rings. The van der Waals surface area contributed by atoms with Gasteiger partial charge in [-0.1, -0.05) is 12.8 Å². The van der Waals surface area contributed by atoms with Crippen LogP contribution in [0.4, 0.5) is 5.82 Å². The Kier molecular flexibility index (Phi) is 4.34. The van der Waals surface area contributed by atoms with E-state index in [2.05, 4.69) is 10.9 Å². The average Bonchev–Trinajstić information content (AvgIpc) is 2.29. The molecule has 0 aromatic carbocycles. The zero-order valence-corrected chi connectivity index (χ0v) is 9.18. The number of terminal acetylenes is 1. The summed E-state index contributed by atoms with van der Waals surface area (Å²) in [7, 11) is 0. The lowest BCUT2D eigenvalue weighted by atomic mass is 10.2. The van der Waals surface area contributed by atoms with Gasteiger partial charge in [0, 0.05) is 12.7 Å². The van der Waals surface area contributed by atoms with Crippen molar-refractivity contribution < 1.29 is 9.90 Å². The lowest BCUT2D eigenvalue weighted by molar-refractivity contribution is 0.0697. The first-order valence-electron chi connectivity index (χ1n) is 5.06. The molecule has 0 aliphatic heterocycles. The monoisotopic (exact) mass is 218 g/mol. The first-order chi connectivity index (χ1) is 7.69. The fourth-order valence-electron chi connectivity index (χ4n) is 1.38. The molecule has 1 rings (SSSR count). The number of pyridine rings is 1. The van der Waals surface area contributed by atoms with Crippen LogP contribution in [-0.2, 0) is 0 Å². The summed E-state index contributed by atoms with van der Waals surface area (Å²) < 4.78 is 0. The molecule has 0 aliphatic carbocycles. The molecule has 1 heterocycles. The lowest BCUT2D eigenvalue weighted by Crippen LogP contribution is -2.25. The second-order valence-electron chi connectivity index (χ2n) is 3.33. The number of carbonyl (C=O) groups is 1. The third kappa shape index (κ3) is 2.99. The van der Waals surface area contributed by atoms with Crippen molar-refractivity contribution in [3.63, 3.8) is 0 Å². The largest absolute Gasteiger partial charge is 0.478 e. The molecule has 4 nitrogen and oxygen atoms in total. The molecule has 0 aliphatic rings. The molecule has 0 bridgehead atoms. The Hall–Kier alpha value is -2.02. The molecule has 0 saturated carbocycles. The van der Waals surface area contributed by atoms with Crippen LogP contribution in [0.1, 0.15) is 23.7 Å². The fourth-order valence-corrected chi connectivity index (χ4v) is 1.38. The van der Waals surface area contributed by atoms with Crippen LogP contribution in [0.3, 0.4) is 0 Å². The van der Waals surface area contributed by atoms with Gasteiger partial charge in [0.05, 0.1) is 12.1 Å². The number of carboxylic acid groups (broad SMARTS) is 1. The first-order valence-corrected chi connectivity index (χ1v) is 5.06. The van der Waals surface area contributed by atoms with Crippen molar-refractivity contribution in [2.45, 2.75) is 13.3 Å². The predicted molar refractivity (Wildman–Crippen MR) is 62.5 cm³/mol. The fraction of sp³-hybridized carbons (Fsp3) is 0.333. The van der Waals surface area contributed by atoms with E-state index in [1.165, 1.54) is 18.3 Å². The molecule has 0 amide bonds. The van der Waals surface area contributed by atoms with Crippen LogP contribution >= 0.6 is 0 Å². The van der Waals surface area contributed by atoms with E-state index in [0.717, 1.165) is 13.0 Å². The van der Waals surface area contributed by atoms with Crippen molar-refractivity contribution in [3.8, 4) is 12.3 Å². The molecule has 0 spiro atoms. The van der Waals surface area contributed by atoms with E-state index in [4.69, 9.17) is 11.5 Å². The van der Waals surface area contributed by atoms with Crippen molar-refractivity contribution >= 4 is 11.8 Å². The Balaban J connectivity index is 2.96. The van der Waals surface area contributed by atoms with Crippen molar-refractivity contribution in [2.75, 3.05) is 18.0 Å². The summed E-state index contributed by atoms with van der Waals surface area (Å²) in [6.07, 6.45) is 7.67. The highest BCUT2D eigenvalue weighted by molar-refractivity contribution is 5.88. The van der Waals surface area contributed by atoms with Gasteiger partial charge in [-0.15, -0.1) is 6.42 Å². The maximum atomic E-state index is 10.8. The van der Waals surface area contributed by atoms with E-state index in [1.807, 2.05) is 11.8 Å². The third-order valence-corrected chi connectivity index (χ3v) is 2.09. The van der Waals surface area contributed by atoms with E-state index in [9.17, 15) is 4.79 Å². The summed E-state index contributed by atoms with van der Waals surface area (Å²) in [6.45, 7) is 3.23. The summed E-state index contributed by atoms with van der Waals surface area (Å²) in [5.74, 6) is 2.19. The van der Waals surface area contributed by atoms with Crippen LogP contribution in [-0.4, -0.2) is 29.1 Å². The van der Waals surface area contributed by atoms with E-state index in [1.54, 1.807) is 0 Å². The Labute approximate surface area is 94.9 Å². The Morgan fingerprint density at radius 1 is 1.69 bits per heavy atom. The van der Waals surface area contributed by atoms with Crippen LogP contribution in [0.5, 0.6) is 0 Å². The van der Waals surface area contributed by atoms with Crippen LogP contribution in [0.15, 0.2) is 18.3 Å². The molecule has 84 valence electrons. The number of nitrogens with zero attached hydrogens (tertiary/aromatic N) is 2. The molecule has 1 N–H and O–H groups in total. The Morgan fingerprint density at radius 2 is 2.44 bits per heavy atom. The van der Waals surface area contributed by atoms with Gasteiger partial charge >= 0.3 is 5.97 Å². The molecule has 0 radical (unpaired) electrons. The SMILES string of the molecule is C#CCN(CCC)c1cc(C(=O)O)ccn1. The normalized spacial score (nSPS) is 9.50. The number of aromatic carboxylic acids is 1. The van der Waals surface area contributed by atoms with Gasteiger partial charge in [-0.3, -0.25) is 0 Å². The van der Waals surface area contributed by atoms with Crippen molar-refractivity contribution in [1.82, 2.24) is 4.98 Å². The van der Waals surface area contributed by atoms with Crippen LogP contribution in [0.2, 0.25) is 0 Å². The van der Waals surface area contributed by atoms with Crippen LogP contribution < -0.4 is 4.90 Å². The van der Waals surface area contributed by atoms with Gasteiger partial charge in [-0.05, 0) is 18.6 Å². The third-order valence-electron chi connectivity index (χ3n) is 2.09. The quantitative estimate of drug-likeness (QED) is 0.763. The minimum atomic E-state index is -0.958. The summed E-state index contributed by atoms with van der Waals surface area (Å²) in [5.41, 5.74) is 0.225. The minimum Gasteiger partial charge on any atom is -0.478 e. The first kappa shape index (κ1) is 12.1. The smallest absolute Gasteiger partial charge is 0.335 e. The number of rotatable bonds is 5. The zero-order valence-electron chi connectivity index (χ0n) is 9.18. The van der Waals surface area contributed by atoms with E-state index < -0.39 is 5.97 Å². The number of anilines is 1. The molecule has 0 unspecified atom stereocenters. The standard InChI is InChI=1S/C12H14N2O2/c1-3-7-14(8-4-2)11-9-10(12(15)16)5-6-13-11/h1,5-6,9H,4,7-8H2,2H3,(H,15,16). The topological polar surface area (TPSA) is 53.4 Å². The highest BCUT2D eigenvalue weighted by Crippen LogP contribution is 2.12. The van der Waals surface area contributed by atoms with Crippen molar-refractivity contribution in [2.24, 2.45) is 0 Å². The summed E-state index contributed by atoms with van der Waals surface area (Å²) in [6, 6.07) is 3.00.